The normalized spacial score (nSPS) is 52.2. The zero-order valence-corrected chi connectivity index (χ0v) is 7.29. The molecule has 6 nitrogen and oxygen atoms in total. The molecule has 5 atom stereocenters. The van der Waals surface area contributed by atoms with Crippen molar-refractivity contribution in [2.45, 2.75) is 29.7 Å². The molecule has 13 heavy (non-hydrogen) atoms. The number of halogens is 1. The minimum Gasteiger partial charge on any atom is -0.394 e. The lowest BCUT2D eigenvalue weighted by Gasteiger charge is -2.41. The monoisotopic (exact) mass is 214 g/mol. The topological polar surface area (TPSA) is 110 Å². The summed E-state index contributed by atoms with van der Waals surface area (Å²) in [4.78, 5) is 0. The molecular weight excluding hydrogens is 204 g/mol. The van der Waals surface area contributed by atoms with E-state index in [9.17, 15) is 5.11 Å². The minimum absolute atomic E-state index is 0.625. The molecule has 0 amide bonds. The number of rotatable bonds is 1. The highest BCUT2D eigenvalue weighted by Crippen LogP contribution is 2.30. The molecule has 1 heterocycles. The van der Waals surface area contributed by atoms with Crippen LogP contribution in [0.1, 0.15) is 0 Å². The molecular formula is C6H11ClO6. The maximum Gasteiger partial charge on any atom is 0.276 e. The first-order valence-electron chi connectivity index (χ1n) is 3.64. The number of aliphatic hydroxyl groups is 5. The second kappa shape index (κ2) is 3.66. The van der Waals surface area contributed by atoms with Crippen LogP contribution in [0.4, 0.5) is 0 Å². The first-order valence-corrected chi connectivity index (χ1v) is 4.02. The minimum atomic E-state index is -2.48. The van der Waals surface area contributed by atoms with Gasteiger partial charge in [0, 0.05) is 0 Å². The molecule has 7 heteroatoms. The van der Waals surface area contributed by atoms with E-state index < -0.39 is 36.3 Å². The molecule has 0 aromatic rings. The fourth-order valence-corrected chi connectivity index (χ4v) is 1.36. The zero-order chi connectivity index (χ0) is 10.2. The van der Waals surface area contributed by atoms with Crippen LogP contribution in [0.15, 0.2) is 0 Å². The molecule has 0 aromatic heterocycles. The number of hydrogen-bond donors (Lipinski definition) is 5. The van der Waals surface area contributed by atoms with Crippen LogP contribution in [0, 0.1) is 0 Å². The third-order valence-corrected chi connectivity index (χ3v) is 2.23. The molecule has 0 spiro atoms. The highest BCUT2D eigenvalue weighted by Gasteiger charge is 2.51. The number of hydrogen-bond acceptors (Lipinski definition) is 6. The molecule has 1 aliphatic rings. The summed E-state index contributed by atoms with van der Waals surface area (Å²) in [7, 11) is 0. The molecule has 1 rings (SSSR count). The van der Waals surface area contributed by atoms with E-state index in [1.807, 2.05) is 0 Å². The van der Waals surface area contributed by atoms with Crippen molar-refractivity contribution in [2.75, 3.05) is 6.61 Å². The largest absolute Gasteiger partial charge is 0.394 e. The molecule has 78 valence electrons. The quantitative estimate of drug-likeness (QED) is 0.305. The van der Waals surface area contributed by atoms with Crippen LogP contribution in [0.3, 0.4) is 0 Å². The van der Waals surface area contributed by atoms with Crippen LogP contribution in [-0.2, 0) is 4.74 Å². The Kier molecular flexibility index (Phi) is 3.13. The van der Waals surface area contributed by atoms with E-state index in [2.05, 4.69) is 4.74 Å². The Labute approximate surface area is 78.9 Å². The molecule has 1 saturated heterocycles. The summed E-state index contributed by atoms with van der Waals surface area (Å²) in [5.41, 5.74) is 0. The van der Waals surface area contributed by atoms with Gasteiger partial charge in [-0.2, -0.15) is 0 Å². The van der Waals surface area contributed by atoms with Crippen LogP contribution in [-0.4, -0.2) is 61.8 Å². The second-order valence-electron chi connectivity index (χ2n) is 2.87. The van der Waals surface area contributed by atoms with Gasteiger partial charge in [-0.15, -0.1) is 0 Å². The molecule has 0 radical (unpaired) electrons. The van der Waals surface area contributed by atoms with Gasteiger partial charge in [-0.25, -0.2) is 0 Å². The van der Waals surface area contributed by atoms with Gasteiger partial charge >= 0.3 is 0 Å². The molecule has 0 aliphatic carbocycles. The average Bonchev–Trinajstić information content (AvgIpc) is 2.08. The Hall–Kier alpha value is 0.0500. The van der Waals surface area contributed by atoms with Crippen molar-refractivity contribution in [3.05, 3.63) is 0 Å². The molecule has 0 aromatic carbocycles. The predicted molar refractivity (Wildman–Crippen MR) is 40.8 cm³/mol. The van der Waals surface area contributed by atoms with Crippen molar-refractivity contribution >= 4 is 11.6 Å². The second-order valence-corrected chi connectivity index (χ2v) is 3.42. The molecule has 1 fully saturated rings. The van der Waals surface area contributed by atoms with Gasteiger partial charge in [-0.05, 0) is 0 Å². The van der Waals surface area contributed by atoms with Crippen LogP contribution in [0.2, 0.25) is 0 Å². The average molecular weight is 215 g/mol. The Bertz CT molecular complexity index is 184. The van der Waals surface area contributed by atoms with Crippen molar-refractivity contribution in [2.24, 2.45) is 0 Å². The molecule has 5 unspecified atom stereocenters. The molecule has 1 aliphatic heterocycles. The van der Waals surface area contributed by atoms with E-state index in [4.69, 9.17) is 32.0 Å². The van der Waals surface area contributed by atoms with E-state index >= 15 is 0 Å². The first-order chi connectivity index (χ1) is 5.90. The van der Waals surface area contributed by atoms with E-state index in [0.717, 1.165) is 0 Å². The fraction of sp³-hybridized carbons (Fsp3) is 1.00. The smallest absolute Gasteiger partial charge is 0.276 e. The van der Waals surface area contributed by atoms with Crippen molar-refractivity contribution in [3.8, 4) is 0 Å². The Balaban J connectivity index is 2.79. The van der Waals surface area contributed by atoms with E-state index in [0.29, 0.717) is 0 Å². The highest BCUT2D eigenvalue weighted by atomic mass is 35.5. The first kappa shape index (κ1) is 11.1. The SMILES string of the molecule is OCC1OC(O)(Cl)C(O)C(O)C1O. The summed E-state index contributed by atoms with van der Waals surface area (Å²) < 4.78 is 4.53. The van der Waals surface area contributed by atoms with Crippen LogP contribution in [0.25, 0.3) is 0 Å². The van der Waals surface area contributed by atoms with Crippen LogP contribution < -0.4 is 0 Å². The van der Waals surface area contributed by atoms with Crippen LogP contribution in [0.5, 0.6) is 0 Å². The number of aliphatic hydroxyl groups excluding tert-OH is 4. The third-order valence-electron chi connectivity index (χ3n) is 1.92. The lowest BCUT2D eigenvalue weighted by molar-refractivity contribution is -0.309. The molecule has 0 saturated carbocycles. The lowest BCUT2D eigenvalue weighted by Crippen LogP contribution is -2.62. The zero-order valence-electron chi connectivity index (χ0n) is 6.54. The van der Waals surface area contributed by atoms with Gasteiger partial charge in [0.2, 0.25) is 0 Å². The standard InChI is InChI=1S/C6H11ClO6/c7-6(12)5(11)4(10)3(9)2(1-8)13-6/h2-5,8-12H,1H2. The Morgan fingerprint density at radius 1 is 1.23 bits per heavy atom. The van der Waals surface area contributed by atoms with E-state index in [-0.39, 0.29) is 0 Å². The maximum atomic E-state index is 9.18. The third kappa shape index (κ3) is 1.94. The molecule has 0 bridgehead atoms. The molecule has 5 N–H and O–H groups in total. The van der Waals surface area contributed by atoms with Gasteiger partial charge in [0.25, 0.3) is 5.25 Å². The maximum absolute atomic E-state index is 9.18. The Morgan fingerprint density at radius 3 is 2.23 bits per heavy atom. The van der Waals surface area contributed by atoms with Gasteiger partial charge in [0.15, 0.2) is 6.10 Å². The van der Waals surface area contributed by atoms with Gasteiger partial charge in [-0.3, -0.25) is 0 Å². The van der Waals surface area contributed by atoms with Crippen molar-refractivity contribution in [1.29, 1.82) is 0 Å². The highest BCUT2D eigenvalue weighted by molar-refractivity contribution is 6.22. The van der Waals surface area contributed by atoms with E-state index in [1.54, 1.807) is 0 Å². The van der Waals surface area contributed by atoms with Crippen molar-refractivity contribution in [1.82, 2.24) is 0 Å². The van der Waals surface area contributed by atoms with Gasteiger partial charge in [0.05, 0.1) is 6.61 Å². The van der Waals surface area contributed by atoms with Crippen molar-refractivity contribution < 1.29 is 30.3 Å². The van der Waals surface area contributed by atoms with Gasteiger partial charge < -0.3 is 30.3 Å². The van der Waals surface area contributed by atoms with Crippen LogP contribution >= 0.6 is 11.6 Å². The summed E-state index contributed by atoms with van der Waals surface area (Å²) in [5, 5.41) is 42.7. The van der Waals surface area contributed by atoms with Gasteiger partial charge in [0.1, 0.15) is 18.3 Å². The predicted octanol–water partition coefficient (Wildman–Crippen LogP) is -2.65. The van der Waals surface area contributed by atoms with E-state index in [1.165, 1.54) is 0 Å². The summed E-state index contributed by atoms with van der Waals surface area (Å²) >= 11 is 5.26. The summed E-state index contributed by atoms with van der Waals surface area (Å²) in [5.74, 6) is 0. The van der Waals surface area contributed by atoms with Gasteiger partial charge in [-0.1, -0.05) is 11.6 Å². The number of ether oxygens (including phenoxy) is 1. The van der Waals surface area contributed by atoms with Crippen molar-refractivity contribution in [3.63, 3.8) is 0 Å². The number of alkyl halides is 1. The summed E-state index contributed by atoms with van der Waals surface area (Å²) in [6.07, 6.45) is -6.19. The lowest BCUT2D eigenvalue weighted by atomic mass is 9.99. The summed E-state index contributed by atoms with van der Waals surface area (Å²) in [6.45, 7) is -0.625. The summed E-state index contributed by atoms with van der Waals surface area (Å²) in [6, 6.07) is 0. The Morgan fingerprint density at radius 2 is 1.77 bits per heavy atom. The fourth-order valence-electron chi connectivity index (χ4n) is 1.11.